The zero-order chi connectivity index (χ0) is 18.1. The van der Waals surface area contributed by atoms with Gasteiger partial charge in [0.15, 0.2) is 17.3 Å². The molecule has 1 atom stereocenters. The summed E-state index contributed by atoms with van der Waals surface area (Å²) in [6, 6.07) is 5.36. The monoisotopic (exact) mass is 356 g/mol. The Labute approximate surface area is 151 Å². The number of likely N-dealkylation sites (N-methyl/N-ethyl adjacent to an activating group) is 1. The average molecular weight is 356 g/mol. The van der Waals surface area contributed by atoms with Crippen LogP contribution in [-0.2, 0) is 0 Å². The molecule has 0 saturated carbocycles. The highest BCUT2D eigenvalue weighted by atomic mass is 16.7. The van der Waals surface area contributed by atoms with E-state index in [0.29, 0.717) is 35.3 Å². The van der Waals surface area contributed by atoms with Crippen LogP contribution in [0.25, 0.3) is 0 Å². The first kappa shape index (κ1) is 16.4. The molecule has 136 valence electrons. The summed E-state index contributed by atoms with van der Waals surface area (Å²) in [4.78, 5) is 25.3. The van der Waals surface area contributed by atoms with Gasteiger partial charge in [0, 0.05) is 38.1 Å². The van der Waals surface area contributed by atoms with Gasteiger partial charge in [-0.1, -0.05) is 0 Å². The summed E-state index contributed by atoms with van der Waals surface area (Å²) in [6.45, 7) is 1.67. The van der Waals surface area contributed by atoms with Crippen LogP contribution < -0.4 is 19.1 Å². The average Bonchev–Trinajstić information content (AvgIpc) is 3.35. The fraction of sp³-hybridized carbons (Fsp3) is 0.389. The van der Waals surface area contributed by atoms with Gasteiger partial charge in [-0.05, 0) is 24.6 Å². The van der Waals surface area contributed by atoms with Crippen molar-refractivity contribution < 1.29 is 19.0 Å². The summed E-state index contributed by atoms with van der Waals surface area (Å²) in [5.41, 5.74) is 0.590. The molecule has 8 heteroatoms. The normalized spacial score (nSPS) is 18.1. The minimum Gasteiger partial charge on any atom is -0.478 e. The number of nitrogens with zero attached hydrogens (tertiary/aromatic N) is 4. The molecule has 1 amide bonds. The van der Waals surface area contributed by atoms with Gasteiger partial charge in [0.1, 0.15) is 0 Å². The maximum atomic E-state index is 12.9. The molecule has 1 saturated heterocycles. The van der Waals surface area contributed by atoms with Crippen LogP contribution >= 0.6 is 0 Å². The van der Waals surface area contributed by atoms with Gasteiger partial charge in [-0.3, -0.25) is 4.79 Å². The van der Waals surface area contributed by atoms with Crippen molar-refractivity contribution in [1.82, 2.24) is 14.9 Å². The number of hydrogen-bond donors (Lipinski definition) is 0. The molecule has 0 aliphatic carbocycles. The summed E-state index contributed by atoms with van der Waals surface area (Å²) >= 11 is 0. The SMILES string of the molecule is COc1nccnc1N1CCC(N(C)C(=O)c2ccc3c(c2)OCO3)C1. The van der Waals surface area contributed by atoms with E-state index < -0.39 is 0 Å². The molecule has 8 nitrogen and oxygen atoms in total. The van der Waals surface area contributed by atoms with E-state index in [0.717, 1.165) is 13.0 Å². The molecule has 2 aliphatic heterocycles. The third-order valence-corrected chi connectivity index (χ3v) is 4.79. The smallest absolute Gasteiger partial charge is 0.257 e. The van der Waals surface area contributed by atoms with Crippen molar-refractivity contribution in [2.45, 2.75) is 12.5 Å². The highest BCUT2D eigenvalue weighted by Gasteiger charge is 2.31. The Morgan fingerprint density at radius 2 is 2.08 bits per heavy atom. The molecular weight excluding hydrogens is 336 g/mol. The zero-order valence-corrected chi connectivity index (χ0v) is 14.7. The number of carbonyl (C=O) groups excluding carboxylic acids is 1. The number of hydrogen-bond acceptors (Lipinski definition) is 7. The van der Waals surface area contributed by atoms with Crippen LogP contribution in [0.15, 0.2) is 30.6 Å². The molecule has 1 unspecified atom stereocenters. The summed E-state index contributed by atoms with van der Waals surface area (Å²) in [5, 5.41) is 0. The molecule has 26 heavy (non-hydrogen) atoms. The number of fused-ring (bicyclic) bond motifs is 1. The summed E-state index contributed by atoms with van der Waals surface area (Å²) in [6.07, 6.45) is 4.10. The van der Waals surface area contributed by atoms with Crippen molar-refractivity contribution >= 4 is 11.7 Å². The second-order valence-electron chi connectivity index (χ2n) is 6.26. The van der Waals surface area contributed by atoms with E-state index in [1.54, 1.807) is 42.6 Å². The van der Waals surface area contributed by atoms with Crippen molar-refractivity contribution in [3.8, 4) is 17.4 Å². The van der Waals surface area contributed by atoms with Gasteiger partial charge in [0.2, 0.25) is 6.79 Å². The molecule has 0 N–H and O–H groups in total. The van der Waals surface area contributed by atoms with Crippen molar-refractivity contribution in [3.05, 3.63) is 36.2 Å². The number of methoxy groups -OCH3 is 1. The maximum absolute atomic E-state index is 12.9. The van der Waals surface area contributed by atoms with E-state index in [-0.39, 0.29) is 18.7 Å². The minimum atomic E-state index is -0.0405. The first-order chi connectivity index (χ1) is 12.7. The van der Waals surface area contributed by atoms with E-state index in [9.17, 15) is 4.79 Å². The van der Waals surface area contributed by atoms with Crippen LogP contribution in [0.2, 0.25) is 0 Å². The van der Waals surface area contributed by atoms with Crippen molar-refractivity contribution in [2.75, 3.05) is 38.9 Å². The minimum absolute atomic E-state index is 0.0405. The molecule has 3 heterocycles. The first-order valence-electron chi connectivity index (χ1n) is 8.44. The van der Waals surface area contributed by atoms with Crippen LogP contribution in [-0.4, -0.2) is 60.9 Å². The quantitative estimate of drug-likeness (QED) is 0.823. The predicted octanol–water partition coefficient (Wildman–Crippen LogP) is 1.56. The molecule has 2 aromatic rings. The molecule has 1 aromatic carbocycles. The van der Waals surface area contributed by atoms with E-state index in [1.165, 1.54) is 0 Å². The summed E-state index contributed by atoms with van der Waals surface area (Å²) in [5.74, 6) is 2.45. The maximum Gasteiger partial charge on any atom is 0.257 e. The number of anilines is 1. The largest absolute Gasteiger partial charge is 0.478 e. The van der Waals surface area contributed by atoms with Gasteiger partial charge < -0.3 is 24.0 Å². The molecule has 0 spiro atoms. The molecule has 2 aliphatic rings. The van der Waals surface area contributed by atoms with E-state index >= 15 is 0 Å². The number of rotatable bonds is 4. The van der Waals surface area contributed by atoms with Crippen LogP contribution in [0.5, 0.6) is 17.4 Å². The second kappa shape index (κ2) is 6.70. The van der Waals surface area contributed by atoms with Gasteiger partial charge in [-0.2, -0.15) is 0 Å². The lowest BCUT2D eigenvalue weighted by Crippen LogP contribution is -2.39. The highest BCUT2D eigenvalue weighted by molar-refractivity contribution is 5.95. The van der Waals surface area contributed by atoms with Gasteiger partial charge in [-0.15, -0.1) is 0 Å². The molecule has 4 rings (SSSR count). The van der Waals surface area contributed by atoms with E-state index in [2.05, 4.69) is 14.9 Å². The third kappa shape index (κ3) is 2.87. The standard InChI is InChI=1S/C18H20N4O4/c1-21(18(23)12-3-4-14-15(9-12)26-11-25-14)13-5-8-22(10-13)16-17(24-2)20-7-6-19-16/h3-4,6-7,9,13H,5,8,10-11H2,1-2H3. The molecule has 1 aromatic heterocycles. The Balaban J connectivity index is 1.47. The topological polar surface area (TPSA) is 77.0 Å². The lowest BCUT2D eigenvalue weighted by atomic mass is 10.1. The highest BCUT2D eigenvalue weighted by Crippen LogP contribution is 2.33. The van der Waals surface area contributed by atoms with Gasteiger partial charge >= 0.3 is 0 Å². The van der Waals surface area contributed by atoms with Gasteiger partial charge in [0.25, 0.3) is 11.8 Å². The number of benzene rings is 1. The van der Waals surface area contributed by atoms with Crippen LogP contribution in [0.4, 0.5) is 5.82 Å². The Kier molecular flexibility index (Phi) is 4.24. The number of carbonyl (C=O) groups is 1. The molecule has 0 radical (unpaired) electrons. The van der Waals surface area contributed by atoms with Crippen molar-refractivity contribution in [1.29, 1.82) is 0 Å². The molecule has 0 bridgehead atoms. The zero-order valence-electron chi connectivity index (χ0n) is 14.7. The first-order valence-corrected chi connectivity index (χ1v) is 8.44. The predicted molar refractivity (Wildman–Crippen MR) is 93.9 cm³/mol. The van der Waals surface area contributed by atoms with E-state index in [1.807, 2.05) is 7.05 Å². The Morgan fingerprint density at radius 3 is 2.92 bits per heavy atom. The molecule has 1 fully saturated rings. The van der Waals surface area contributed by atoms with Crippen molar-refractivity contribution in [3.63, 3.8) is 0 Å². The summed E-state index contributed by atoms with van der Waals surface area (Å²) in [7, 11) is 3.41. The Hall–Kier alpha value is -3.03. The third-order valence-electron chi connectivity index (χ3n) is 4.79. The lowest BCUT2D eigenvalue weighted by molar-refractivity contribution is 0.0744. The van der Waals surface area contributed by atoms with E-state index in [4.69, 9.17) is 14.2 Å². The Morgan fingerprint density at radius 1 is 1.27 bits per heavy atom. The van der Waals surface area contributed by atoms with Crippen LogP contribution in [0.1, 0.15) is 16.8 Å². The lowest BCUT2D eigenvalue weighted by Gasteiger charge is -2.25. The van der Waals surface area contributed by atoms with Crippen molar-refractivity contribution in [2.24, 2.45) is 0 Å². The molecular formula is C18H20N4O4. The summed E-state index contributed by atoms with van der Waals surface area (Å²) < 4.78 is 16.0. The Bertz CT molecular complexity index is 829. The van der Waals surface area contributed by atoms with Gasteiger partial charge in [-0.25, -0.2) is 9.97 Å². The number of aromatic nitrogens is 2. The van der Waals surface area contributed by atoms with Crippen LogP contribution in [0.3, 0.4) is 0 Å². The fourth-order valence-electron chi connectivity index (χ4n) is 3.33. The number of ether oxygens (including phenoxy) is 3. The van der Waals surface area contributed by atoms with Gasteiger partial charge in [0.05, 0.1) is 13.2 Å². The second-order valence-corrected chi connectivity index (χ2v) is 6.26. The number of amides is 1. The van der Waals surface area contributed by atoms with Crippen LogP contribution in [0, 0.1) is 0 Å². The fourth-order valence-corrected chi connectivity index (χ4v) is 3.33.